The summed E-state index contributed by atoms with van der Waals surface area (Å²) >= 11 is 0. The maximum atomic E-state index is 9.22. The lowest BCUT2D eigenvalue weighted by Gasteiger charge is -2.22. The predicted molar refractivity (Wildman–Crippen MR) is 100 cm³/mol. The molecule has 3 rings (SSSR count). The summed E-state index contributed by atoms with van der Waals surface area (Å²) < 4.78 is 0. The highest BCUT2D eigenvalue weighted by molar-refractivity contribution is 5.68. The highest BCUT2D eigenvalue weighted by Gasteiger charge is 2.11. The maximum absolute atomic E-state index is 9.22. The Bertz CT molecular complexity index is 914. The summed E-state index contributed by atoms with van der Waals surface area (Å²) in [4.78, 5) is 10.8. The average Bonchev–Trinajstić information content (AvgIpc) is 2.63. The van der Waals surface area contributed by atoms with E-state index in [4.69, 9.17) is 0 Å². The third-order valence-electron chi connectivity index (χ3n) is 3.87. The van der Waals surface area contributed by atoms with E-state index in [1.54, 1.807) is 6.07 Å². The number of nitrogens with zero attached hydrogens (tertiary/aromatic N) is 4. The van der Waals surface area contributed by atoms with Crippen LogP contribution in [0.3, 0.4) is 0 Å². The van der Waals surface area contributed by atoms with Gasteiger partial charge in [0.05, 0.1) is 11.3 Å². The molecule has 0 aliphatic carbocycles. The Balaban J connectivity index is 1.92. The topological polar surface area (TPSA) is 64.8 Å². The van der Waals surface area contributed by atoms with Crippen LogP contribution in [0.1, 0.15) is 18.1 Å². The molecule has 0 atom stereocenters. The molecule has 0 aliphatic rings. The molecule has 124 valence electrons. The second kappa shape index (κ2) is 7.45. The molecular formula is C20H19N5. The molecule has 1 N–H and O–H groups in total. The van der Waals surface area contributed by atoms with Crippen LogP contribution in [0.15, 0.2) is 60.9 Å². The first kappa shape index (κ1) is 16.5. The van der Waals surface area contributed by atoms with Crippen LogP contribution in [-0.4, -0.2) is 16.5 Å². The van der Waals surface area contributed by atoms with E-state index in [0.717, 1.165) is 23.7 Å². The Labute approximate surface area is 147 Å². The minimum atomic E-state index is 0.577. The first-order chi connectivity index (χ1) is 12.2. The van der Waals surface area contributed by atoms with Gasteiger partial charge >= 0.3 is 0 Å². The Morgan fingerprint density at radius 2 is 1.92 bits per heavy atom. The largest absolute Gasteiger partial charge is 0.339 e. The van der Waals surface area contributed by atoms with Crippen molar-refractivity contribution in [2.24, 2.45) is 0 Å². The summed E-state index contributed by atoms with van der Waals surface area (Å²) in [6.07, 6.45) is 1.53. The van der Waals surface area contributed by atoms with Crippen molar-refractivity contribution in [1.29, 1.82) is 5.26 Å². The van der Waals surface area contributed by atoms with Gasteiger partial charge in [0.15, 0.2) is 0 Å². The number of nitrogens with one attached hydrogen (secondary N) is 1. The van der Waals surface area contributed by atoms with E-state index in [9.17, 15) is 5.26 Å². The van der Waals surface area contributed by atoms with Gasteiger partial charge in [0.1, 0.15) is 24.0 Å². The fourth-order valence-electron chi connectivity index (χ4n) is 2.66. The molecular weight excluding hydrogens is 310 g/mol. The number of aryl methyl sites for hydroxylation is 1. The normalized spacial score (nSPS) is 10.1. The van der Waals surface area contributed by atoms with Crippen molar-refractivity contribution < 1.29 is 0 Å². The number of para-hydroxylation sites is 1. The van der Waals surface area contributed by atoms with E-state index in [1.165, 1.54) is 11.9 Å². The lowest BCUT2D eigenvalue weighted by atomic mass is 10.2. The molecule has 1 aromatic heterocycles. The predicted octanol–water partition coefficient (Wildman–Crippen LogP) is 4.56. The Morgan fingerprint density at radius 1 is 1.08 bits per heavy atom. The zero-order valence-corrected chi connectivity index (χ0v) is 14.3. The maximum Gasteiger partial charge on any atom is 0.138 e. The molecule has 0 spiro atoms. The van der Waals surface area contributed by atoms with Crippen molar-refractivity contribution >= 4 is 23.0 Å². The summed E-state index contributed by atoms with van der Waals surface area (Å²) in [6.45, 7) is 4.94. The fourth-order valence-corrected chi connectivity index (χ4v) is 2.66. The Kier molecular flexibility index (Phi) is 4.91. The zero-order chi connectivity index (χ0) is 17.6. The molecule has 0 radical (unpaired) electrons. The van der Waals surface area contributed by atoms with Crippen LogP contribution in [0, 0.1) is 18.3 Å². The summed E-state index contributed by atoms with van der Waals surface area (Å²) in [5.41, 5.74) is 3.60. The lowest BCUT2D eigenvalue weighted by molar-refractivity contribution is 0.976. The standard InChI is InChI=1S/C20H19N5/c1-3-25(17-9-6-7-15(2)11-17)20-12-19(22-14-23-20)24-18-10-5-4-8-16(18)13-21/h4-12,14H,3H2,1-2H3,(H,22,23,24). The SMILES string of the molecule is CCN(c1cccc(C)c1)c1cc(Nc2ccccc2C#N)ncn1. The first-order valence-electron chi connectivity index (χ1n) is 8.13. The van der Waals surface area contributed by atoms with Crippen LogP contribution in [-0.2, 0) is 0 Å². The molecule has 5 heteroatoms. The highest BCUT2D eigenvalue weighted by Crippen LogP contribution is 2.26. The Hall–Kier alpha value is -3.39. The van der Waals surface area contributed by atoms with E-state index >= 15 is 0 Å². The summed E-state index contributed by atoms with van der Waals surface area (Å²) in [5.74, 6) is 1.46. The third kappa shape index (κ3) is 3.75. The number of anilines is 4. The van der Waals surface area contributed by atoms with Crippen LogP contribution in [0.25, 0.3) is 0 Å². The average molecular weight is 329 g/mol. The summed E-state index contributed by atoms with van der Waals surface area (Å²) in [5, 5.41) is 12.4. The van der Waals surface area contributed by atoms with Gasteiger partial charge in [-0.3, -0.25) is 0 Å². The molecule has 1 heterocycles. The van der Waals surface area contributed by atoms with Crippen LogP contribution in [0.5, 0.6) is 0 Å². The molecule has 0 fully saturated rings. The number of hydrogen-bond acceptors (Lipinski definition) is 5. The monoisotopic (exact) mass is 329 g/mol. The van der Waals surface area contributed by atoms with Gasteiger partial charge in [0.2, 0.25) is 0 Å². The van der Waals surface area contributed by atoms with Crippen LogP contribution >= 0.6 is 0 Å². The molecule has 5 nitrogen and oxygen atoms in total. The number of hydrogen-bond donors (Lipinski definition) is 1. The summed E-state index contributed by atoms with van der Waals surface area (Å²) in [7, 11) is 0. The van der Waals surface area contributed by atoms with Gasteiger partial charge in [-0.05, 0) is 43.7 Å². The molecule has 0 bridgehead atoms. The number of rotatable bonds is 5. The minimum absolute atomic E-state index is 0.577. The van der Waals surface area contributed by atoms with E-state index in [0.29, 0.717) is 11.4 Å². The number of benzene rings is 2. The number of aromatic nitrogens is 2. The van der Waals surface area contributed by atoms with Crippen LogP contribution in [0.4, 0.5) is 23.0 Å². The smallest absolute Gasteiger partial charge is 0.138 e. The van der Waals surface area contributed by atoms with Crippen molar-refractivity contribution in [3.63, 3.8) is 0 Å². The van der Waals surface area contributed by atoms with Gasteiger partial charge in [-0.25, -0.2) is 9.97 Å². The number of nitriles is 1. The van der Waals surface area contributed by atoms with E-state index < -0.39 is 0 Å². The van der Waals surface area contributed by atoms with E-state index in [-0.39, 0.29) is 0 Å². The molecule has 0 unspecified atom stereocenters. The third-order valence-corrected chi connectivity index (χ3v) is 3.87. The minimum Gasteiger partial charge on any atom is -0.339 e. The van der Waals surface area contributed by atoms with Gasteiger partial charge in [-0.15, -0.1) is 0 Å². The lowest BCUT2D eigenvalue weighted by Crippen LogP contribution is -2.17. The second-order valence-corrected chi connectivity index (χ2v) is 5.63. The van der Waals surface area contributed by atoms with E-state index in [1.807, 2.05) is 30.3 Å². The molecule has 0 aliphatic heterocycles. The van der Waals surface area contributed by atoms with Gasteiger partial charge in [-0.1, -0.05) is 24.3 Å². The van der Waals surface area contributed by atoms with Gasteiger partial charge in [-0.2, -0.15) is 5.26 Å². The Morgan fingerprint density at radius 3 is 2.68 bits per heavy atom. The van der Waals surface area contributed by atoms with E-state index in [2.05, 4.69) is 58.3 Å². The molecule has 0 amide bonds. The van der Waals surface area contributed by atoms with Crippen molar-refractivity contribution in [3.8, 4) is 6.07 Å². The van der Waals surface area contributed by atoms with Gasteiger partial charge in [0.25, 0.3) is 0 Å². The molecule has 0 saturated heterocycles. The first-order valence-corrected chi connectivity index (χ1v) is 8.13. The van der Waals surface area contributed by atoms with Crippen LogP contribution < -0.4 is 10.2 Å². The second-order valence-electron chi connectivity index (χ2n) is 5.63. The molecule has 0 saturated carbocycles. The summed E-state index contributed by atoms with van der Waals surface area (Å²) in [6, 6.07) is 19.7. The van der Waals surface area contributed by atoms with Gasteiger partial charge < -0.3 is 10.2 Å². The molecule has 25 heavy (non-hydrogen) atoms. The van der Waals surface area contributed by atoms with Crippen molar-refractivity contribution in [2.75, 3.05) is 16.8 Å². The zero-order valence-electron chi connectivity index (χ0n) is 14.3. The molecule has 3 aromatic rings. The van der Waals surface area contributed by atoms with Gasteiger partial charge in [0, 0.05) is 18.3 Å². The molecule has 2 aromatic carbocycles. The van der Waals surface area contributed by atoms with Crippen LogP contribution in [0.2, 0.25) is 0 Å². The van der Waals surface area contributed by atoms with Crippen molar-refractivity contribution in [1.82, 2.24) is 9.97 Å². The highest BCUT2D eigenvalue weighted by atomic mass is 15.2. The quantitative estimate of drug-likeness (QED) is 0.743. The van der Waals surface area contributed by atoms with Crippen molar-refractivity contribution in [2.45, 2.75) is 13.8 Å². The van der Waals surface area contributed by atoms with Crippen molar-refractivity contribution in [3.05, 3.63) is 72.1 Å². The fraction of sp³-hybridized carbons (Fsp3) is 0.150.